The summed E-state index contributed by atoms with van der Waals surface area (Å²) in [6, 6.07) is 7.62. The summed E-state index contributed by atoms with van der Waals surface area (Å²) < 4.78 is 6.22. The van der Waals surface area contributed by atoms with Gasteiger partial charge in [-0.1, -0.05) is 24.4 Å². The van der Waals surface area contributed by atoms with Crippen molar-refractivity contribution in [3.63, 3.8) is 0 Å². The minimum Gasteiger partial charge on any atom is -0.489 e. The van der Waals surface area contributed by atoms with Gasteiger partial charge in [0.1, 0.15) is 29.8 Å². The zero-order valence-corrected chi connectivity index (χ0v) is 21.0. The minimum atomic E-state index is 0.0571. The van der Waals surface area contributed by atoms with Crippen LogP contribution in [0.25, 0.3) is 10.9 Å². The molecule has 1 aliphatic heterocycles. The average molecular weight is 495 g/mol. The van der Waals surface area contributed by atoms with E-state index in [1.807, 2.05) is 48.2 Å². The van der Waals surface area contributed by atoms with Crippen LogP contribution in [0.4, 0.5) is 17.3 Å². The summed E-state index contributed by atoms with van der Waals surface area (Å²) in [4.78, 5) is 29.8. The zero-order valence-electron chi connectivity index (χ0n) is 20.2. The van der Waals surface area contributed by atoms with E-state index in [1.54, 1.807) is 6.20 Å². The summed E-state index contributed by atoms with van der Waals surface area (Å²) in [5.41, 5.74) is 1.57. The fraction of sp³-hybridized carbons (Fsp3) is 0.462. The lowest BCUT2D eigenvalue weighted by Crippen LogP contribution is -2.44. The number of ether oxygens (including phenoxy) is 1. The van der Waals surface area contributed by atoms with Gasteiger partial charge in [-0.15, -0.1) is 0 Å². The molecule has 35 heavy (non-hydrogen) atoms. The first kappa shape index (κ1) is 23.6. The Kier molecular flexibility index (Phi) is 6.90. The number of nitrogens with zero attached hydrogens (tertiary/aromatic N) is 5. The summed E-state index contributed by atoms with van der Waals surface area (Å²) >= 11 is 6.59. The molecule has 184 valence electrons. The van der Waals surface area contributed by atoms with Crippen molar-refractivity contribution in [1.29, 1.82) is 0 Å². The summed E-state index contributed by atoms with van der Waals surface area (Å²) in [5, 5.41) is 4.76. The third kappa shape index (κ3) is 5.27. The Labute approximate surface area is 210 Å². The SMILES string of the molecule is CN(C)c1cc2c(Nc3ccc(OC4CCN(C(=O)C5CCCC5)CC4)c(Cl)c3)ncnc2cn1. The van der Waals surface area contributed by atoms with E-state index >= 15 is 0 Å². The first-order valence-corrected chi connectivity index (χ1v) is 12.7. The average Bonchev–Trinajstić information content (AvgIpc) is 3.41. The molecule has 1 N–H and O–H groups in total. The standard InChI is InChI=1S/C26H31ClN6O2/c1-32(2)24-14-20-22(15-28-24)29-16-30-25(20)31-18-7-8-23(21(27)13-18)35-19-9-11-33(12-10-19)26(34)17-5-3-4-6-17/h7-8,13-17,19H,3-6,9-12H2,1-2H3,(H,29,30,31). The van der Waals surface area contributed by atoms with E-state index in [9.17, 15) is 4.79 Å². The van der Waals surface area contributed by atoms with Crippen molar-refractivity contribution in [2.45, 2.75) is 44.6 Å². The number of amides is 1. The molecule has 1 amide bonds. The largest absolute Gasteiger partial charge is 0.489 e. The zero-order chi connectivity index (χ0) is 24.4. The van der Waals surface area contributed by atoms with Crippen LogP contribution in [-0.4, -0.2) is 59.0 Å². The van der Waals surface area contributed by atoms with Gasteiger partial charge < -0.3 is 19.9 Å². The van der Waals surface area contributed by atoms with Crippen LogP contribution in [0, 0.1) is 5.92 Å². The Morgan fingerprint density at radius 1 is 1.09 bits per heavy atom. The number of aromatic nitrogens is 3. The summed E-state index contributed by atoms with van der Waals surface area (Å²) in [6.07, 6.45) is 9.42. The number of rotatable bonds is 6. The van der Waals surface area contributed by atoms with E-state index in [4.69, 9.17) is 16.3 Å². The van der Waals surface area contributed by atoms with Crippen molar-refractivity contribution in [1.82, 2.24) is 19.9 Å². The second-order valence-electron chi connectivity index (χ2n) is 9.57. The molecule has 1 saturated carbocycles. The van der Waals surface area contributed by atoms with E-state index < -0.39 is 0 Å². The molecular weight excluding hydrogens is 464 g/mol. The second kappa shape index (κ2) is 10.2. The third-order valence-corrected chi connectivity index (χ3v) is 7.21. The highest BCUT2D eigenvalue weighted by atomic mass is 35.5. The monoisotopic (exact) mass is 494 g/mol. The molecule has 2 fully saturated rings. The number of piperidine rings is 1. The van der Waals surface area contributed by atoms with Crippen molar-refractivity contribution in [2.24, 2.45) is 5.92 Å². The lowest BCUT2D eigenvalue weighted by molar-refractivity contribution is -0.137. The van der Waals surface area contributed by atoms with Gasteiger partial charge >= 0.3 is 0 Å². The Morgan fingerprint density at radius 3 is 2.57 bits per heavy atom. The van der Waals surface area contributed by atoms with E-state index in [-0.39, 0.29) is 12.0 Å². The van der Waals surface area contributed by atoms with Gasteiger partial charge in [0.15, 0.2) is 0 Å². The molecule has 0 radical (unpaired) electrons. The van der Waals surface area contributed by atoms with E-state index in [1.165, 1.54) is 19.2 Å². The van der Waals surface area contributed by atoms with E-state index in [0.717, 1.165) is 61.2 Å². The molecule has 0 spiro atoms. The molecule has 5 rings (SSSR count). The molecule has 1 saturated heterocycles. The fourth-order valence-electron chi connectivity index (χ4n) is 4.91. The van der Waals surface area contributed by atoms with Gasteiger partial charge in [0.2, 0.25) is 5.91 Å². The van der Waals surface area contributed by atoms with Gasteiger partial charge in [0.25, 0.3) is 0 Å². The van der Waals surface area contributed by atoms with Crippen molar-refractivity contribution in [3.05, 3.63) is 41.8 Å². The normalized spacial score (nSPS) is 17.1. The first-order chi connectivity index (χ1) is 17.0. The van der Waals surface area contributed by atoms with Crippen LogP contribution in [0.2, 0.25) is 5.02 Å². The lowest BCUT2D eigenvalue weighted by Gasteiger charge is -2.33. The van der Waals surface area contributed by atoms with Crippen molar-refractivity contribution in [3.8, 4) is 5.75 Å². The molecule has 0 atom stereocenters. The van der Waals surface area contributed by atoms with Gasteiger partial charge in [-0.05, 0) is 37.1 Å². The molecule has 9 heteroatoms. The van der Waals surface area contributed by atoms with E-state index in [2.05, 4.69) is 20.3 Å². The molecular formula is C26H31ClN6O2. The van der Waals surface area contributed by atoms with Gasteiger partial charge in [-0.3, -0.25) is 4.79 Å². The number of hydrogen-bond acceptors (Lipinski definition) is 7. The number of anilines is 3. The lowest BCUT2D eigenvalue weighted by atomic mass is 10.0. The van der Waals surface area contributed by atoms with Gasteiger partial charge in [-0.25, -0.2) is 15.0 Å². The number of nitrogens with one attached hydrogen (secondary N) is 1. The van der Waals surface area contributed by atoms with Crippen molar-refractivity contribution in [2.75, 3.05) is 37.4 Å². The maximum atomic E-state index is 12.7. The number of carbonyl (C=O) groups is 1. The van der Waals surface area contributed by atoms with Crippen LogP contribution in [0.3, 0.4) is 0 Å². The number of likely N-dealkylation sites (tertiary alicyclic amines) is 1. The summed E-state index contributed by atoms with van der Waals surface area (Å²) in [6.45, 7) is 1.50. The quantitative estimate of drug-likeness (QED) is 0.513. The highest BCUT2D eigenvalue weighted by molar-refractivity contribution is 6.32. The predicted octanol–water partition coefficient (Wildman–Crippen LogP) is 5.05. The van der Waals surface area contributed by atoms with Gasteiger partial charge in [-0.2, -0.15) is 0 Å². The summed E-state index contributed by atoms with van der Waals surface area (Å²) in [7, 11) is 3.89. The topological polar surface area (TPSA) is 83.5 Å². The predicted molar refractivity (Wildman–Crippen MR) is 139 cm³/mol. The number of fused-ring (bicyclic) bond motifs is 1. The van der Waals surface area contributed by atoms with Crippen molar-refractivity contribution >= 4 is 45.7 Å². The number of carbonyl (C=O) groups excluding carboxylic acids is 1. The van der Waals surface area contributed by atoms with Gasteiger partial charge in [0, 0.05) is 57.0 Å². The number of hydrogen-bond donors (Lipinski definition) is 1. The van der Waals surface area contributed by atoms with Gasteiger partial charge in [0.05, 0.1) is 16.7 Å². The highest BCUT2D eigenvalue weighted by Gasteiger charge is 2.30. The second-order valence-corrected chi connectivity index (χ2v) is 9.98. The number of halogens is 1. The Balaban J connectivity index is 1.23. The fourth-order valence-corrected chi connectivity index (χ4v) is 5.13. The first-order valence-electron chi connectivity index (χ1n) is 12.3. The van der Waals surface area contributed by atoms with E-state index in [0.29, 0.717) is 22.5 Å². The third-order valence-electron chi connectivity index (χ3n) is 6.91. The molecule has 0 bridgehead atoms. The minimum absolute atomic E-state index is 0.0571. The van der Waals surface area contributed by atoms with Crippen LogP contribution in [0.5, 0.6) is 5.75 Å². The smallest absolute Gasteiger partial charge is 0.225 e. The Bertz CT molecular complexity index is 1210. The number of benzene rings is 1. The van der Waals surface area contributed by atoms with Crippen LogP contribution in [-0.2, 0) is 4.79 Å². The highest BCUT2D eigenvalue weighted by Crippen LogP contribution is 2.33. The molecule has 3 aromatic rings. The Hall–Kier alpha value is -3.13. The molecule has 3 heterocycles. The molecule has 1 aromatic carbocycles. The van der Waals surface area contributed by atoms with Crippen LogP contribution < -0.4 is 15.0 Å². The molecule has 1 aliphatic carbocycles. The molecule has 8 nitrogen and oxygen atoms in total. The van der Waals surface area contributed by atoms with Crippen LogP contribution in [0.1, 0.15) is 38.5 Å². The van der Waals surface area contributed by atoms with Crippen molar-refractivity contribution < 1.29 is 9.53 Å². The number of pyridine rings is 1. The van der Waals surface area contributed by atoms with Crippen LogP contribution >= 0.6 is 11.6 Å². The summed E-state index contributed by atoms with van der Waals surface area (Å²) in [5.74, 6) is 2.74. The maximum absolute atomic E-state index is 12.7. The maximum Gasteiger partial charge on any atom is 0.225 e. The van der Waals surface area contributed by atoms with Crippen LogP contribution in [0.15, 0.2) is 36.8 Å². The Morgan fingerprint density at radius 2 is 1.86 bits per heavy atom. The molecule has 0 unspecified atom stereocenters. The molecule has 2 aliphatic rings. The molecule has 2 aromatic heterocycles.